The molecule has 0 aromatic rings. The number of phosphoric acid groups is 1. The maximum Gasteiger partial charge on any atom is 0.472 e. The molecule has 0 radical (unpaired) electrons. The van der Waals surface area contributed by atoms with Gasteiger partial charge < -0.3 is 24.0 Å². The summed E-state index contributed by atoms with van der Waals surface area (Å²) in [5.41, 5.74) is 0. The van der Waals surface area contributed by atoms with Gasteiger partial charge in [0.25, 0.3) is 0 Å². The summed E-state index contributed by atoms with van der Waals surface area (Å²) in [5.74, 6) is -0.975. The molecule has 0 heterocycles. The predicted octanol–water partition coefficient (Wildman–Crippen LogP) is 12.3. The van der Waals surface area contributed by atoms with Crippen LogP contribution in [0.25, 0.3) is 0 Å². The number of phosphoric ester groups is 1. The van der Waals surface area contributed by atoms with Crippen molar-refractivity contribution in [1.82, 2.24) is 0 Å². The Hall–Kier alpha value is -3.11. The van der Waals surface area contributed by atoms with Gasteiger partial charge in [0.2, 0.25) is 0 Å². The van der Waals surface area contributed by atoms with E-state index in [1.807, 2.05) is 39.4 Å². The molecule has 0 aliphatic rings. The van der Waals surface area contributed by atoms with Crippen LogP contribution in [0.4, 0.5) is 0 Å². The second-order valence-electron chi connectivity index (χ2n) is 16.3. The van der Waals surface area contributed by atoms with Gasteiger partial charge in [0.15, 0.2) is 6.10 Å². The lowest BCUT2D eigenvalue weighted by molar-refractivity contribution is -0.870. The van der Waals surface area contributed by atoms with Crippen molar-refractivity contribution in [3.05, 3.63) is 97.2 Å². The van der Waals surface area contributed by atoms with Crippen molar-refractivity contribution in [2.24, 2.45) is 0 Å². The lowest BCUT2D eigenvalue weighted by Crippen LogP contribution is -2.37. The average Bonchev–Trinajstić information content (AvgIpc) is 3.21. The monoisotopic (exact) mass is 875 g/mol. The molecular weight excluding hydrogens is 790 g/mol. The topological polar surface area (TPSA) is 129 Å². The van der Waals surface area contributed by atoms with Crippen molar-refractivity contribution in [2.75, 3.05) is 47.5 Å². The second kappa shape index (κ2) is 40.9. The molecule has 0 saturated heterocycles. The third-order valence-electron chi connectivity index (χ3n) is 9.17. The molecule has 10 nitrogen and oxygen atoms in total. The minimum absolute atomic E-state index is 0.00499. The number of aliphatic hydroxyl groups is 1. The number of carbonyl (C=O) groups excluding carboxylic acids is 2. The number of rotatable bonds is 40. The Bertz CT molecular complexity index is 1370. The zero-order valence-corrected chi connectivity index (χ0v) is 39.6. The molecule has 61 heavy (non-hydrogen) atoms. The van der Waals surface area contributed by atoms with Crippen molar-refractivity contribution in [2.45, 2.75) is 161 Å². The lowest BCUT2D eigenvalue weighted by atomic mass is 10.1. The Morgan fingerprint density at radius 3 is 1.66 bits per heavy atom. The predicted molar refractivity (Wildman–Crippen MR) is 253 cm³/mol. The largest absolute Gasteiger partial charge is 0.472 e. The fraction of sp³-hybridized carbons (Fsp3) is 0.640. The first kappa shape index (κ1) is 57.9. The molecule has 11 heteroatoms. The van der Waals surface area contributed by atoms with E-state index < -0.39 is 38.6 Å². The Morgan fingerprint density at radius 1 is 0.590 bits per heavy atom. The van der Waals surface area contributed by atoms with Gasteiger partial charge in [-0.15, -0.1) is 0 Å². The average molecular weight is 875 g/mol. The minimum atomic E-state index is -4.43. The Kier molecular flexibility index (Phi) is 38.8. The summed E-state index contributed by atoms with van der Waals surface area (Å²) < 4.78 is 34.2. The molecule has 3 atom stereocenters. The van der Waals surface area contributed by atoms with E-state index in [1.54, 1.807) is 12.2 Å². The highest BCUT2D eigenvalue weighted by Gasteiger charge is 2.27. The van der Waals surface area contributed by atoms with Gasteiger partial charge in [0.05, 0.1) is 33.9 Å². The molecule has 0 aliphatic heterocycles. The van der Waals surface area contributed by atoms with E-state index in [9.17, 15) is 24.2 Å². The number of hydrogen-bond donors (Lipinski definition) is 2. The van der Waals surface area contributed by atoms with E-state index in [2.05, 4.69) is 80.7 Å². The van der Waals surface area contributed by atoms with Crippen LogP contribution in [0.1, 0.15) is 149 Å². The summed E-state index contributed by atoms with van der Waals surface area (Å²) in [6, 6.07) is 0. The number of allylic oxidation sites excluding steroid dienone is 14. The first-order valence-corrected chi connectivity index (χ1v) is 24.6. The Labute approximate surface area is 371 Å². The van der Waals surface area contributed by atoms with E-state index in [-0.39, 0.29) is 26.1 Å². The van der Waals surface area contributed by atoms with Gasteiger partial charge >= 0.3 is 19.8 Å². The van der Waals surface area contributed by atoms with Gasteiger partial charge in [-0.1, -0.05) is 143 Å². The third-order valence-corrected chi connectivity index (χ3v) is 10.2. The number of carbonyl (C=O) groups is 2. The molecule has 0 spiro atoms. The van der Waals surface area contributed by atoms with Crippen LogP contribution >= 0.6 is 7.82 Å². The molecule has 0 aromatic carbocycles. The molecular formula is C50H85NO9P+. The maximum atomic E-state index is 12.7. The van der Waals surface area contributed by atoms with Gasteiger partial charge in [0.1, 0.15) is 19.8 Å². The Balaban J connectivity index is 4.59. The maximum absolute atomic E-state index is 12.7. The van der Waals surface area contributed by atoms with Crippen molar-refractivity contribution >= 4 is 19.8 Å². The summed E-state index contributed by atoms with van der Waals surface area (Å²) in [6.45, 7) is 4.13. The fourth-order valence-corrected chi connectivity index (χ4v) is 6.22. The van der Waals surface area contributed by atoms with Crippen LogP contribution in [0.15, 0.2) is 97.2 Å². The summed E-state index contributed by atoms with van der Waals surface area (Å²) >= 11 is 0. The van der Waals surface area contributed by atoms with Crippen molar-refractivity contribution < 1.29 is 47.2 Å². The zero-order valence-electron chi connectivity index (χ0n) is 38.7. The Morgan fingerprint density at radius 2 is 1.10 bits per heavy atom. The summed E-state index contributed by atoms with van der Waals surface area (Å²) in [5, 5.41) is 10.2. The molecule has 0 saturated carbocycles. The summed E-state index contributed by atoms with van der Waals surface area (Å²) in [4.78, 5) is 35.4. The molecule has 0 fully saturated rings. The highest BCUT2D eigenvalue weighted by molar-refractivity contribution is 7.47. The molecule has 0 rings (SSSR count). The zero-order chi connectivity index (χ0) is 45.1. The number of quaternary nitrogens is 1. The fourth-order valence-electron chi connectivity index (χ4n) is 5.48. The minimum Gasteiger partial charge on any atom is -0.462 e. The van der Waals surface area contributed by atoms with Gasteiger partial charge in [-0.2, -0.15) is 0 Å². The number of esters is 2. The standard InChI is InChI=1S/C50H84NO9P/c1-6-8-10-12-14-16-17-18-19-20-21-22-23-24-25-27-29-33-37-41-49(53)57-45-48(46-59-61(55,56)58-44-43-51(3,4)5)60-50(54)42-38-34-30-32-36-40-47(52)39-35-31-28-26-15-13-11-9-7-2/h14-16,18-19,21-22,24-26,30-32,35-36,40,47-48,52H,6-13,17,20,23,27-29,33-34,37-39,41-46H2,1-5H3/p+1/b16-14-,19-18-,22-21-,25-24-,26-15-,32-30+,35-31-,40-36-/t47?,48-/m1/s1. The van der Waals surface area contributed by atoms with Crippen LogP contribution in [0.5, 0.6) is 0 Å². The van der Waals surface area contributed by atoms with E-state index in [0.29, 0.717) is 36.7 Å². The molecule has 0 bridgehead atoms. The van der Waals surface area contributed by atoms with Crippen LogP contribution in [0.2, 0.25) is 0 Å². The van der Waals surface area contributed by atoms with Gasteiger partial charge in [-0.3, -0.25) is 18.6 Å². The second-order valence-corrected chi connectivity index (χ2v) is 17.7. The van der Waals surface area contributed by atoms with Gasteiger partial charge in [-0.05, 0) is 89.9 Å². The molecule has 2 unspecified atom stereocenters. The summed E-state index contributed by atoms with van der Waals surface area (Å²) in [6.07, 6.45) is 50.6. The molecule has 348 valence electrons. The third kappa shape index (κ3) is 44.7. The molecule has 0 aromatic heterocycles. The number of aliphatic hydroxyl groups excluding tert-OH is 1. The summed E-state index contributed by atoms with van der Waals surface area (Å²) in [7, 11) is 1.35. The first-order chi connectivity index (χ1) is 29.4. The highest BCUT2D eigenvalue weighted by Crippen LogP contribution is 2.43. The van der Waals surface area contributed by atoms with Crippen molar-refractivity contribution in [3.8, 4) is 0 Å². The molecule has 2 N–H and O–H groups in total. The van der Waals surface area contributed by atoms with Crippen LogP contribution in [0, 0.1) is 0 Å². The van der Waals surface area contributed by atoms with Crippen LogP contribution in [0.3, 0.4) is 0 Å². The molecule has 0 aliphatic carbocycles. The first-order valence-electron chi connectivity index (χ1n) is 23.1. The number of hydrogen-bond acceptors (Lipinski definition) is 8. The van der Waals surface area contributed by atoms with E-state index in [4.69, 9.17) is 18.5 Å². The SMILES string of the molecule is CCCCC/C=C\C/C=C\C/C=C\C/C=C\CCCCCC(=O)OC[C@H](COP(=O)(O)OCC[N+](C)(C)C)OC(=O)CCC/C=C/C=C\C(O)C/C=C\C/C=C\CCCCC. The van der Waals surface area contributed by atoms with Crippen molar-refractivity contribution in [3.63, 3.8) is 0 Å². The number of nitrogens with zero attached hydrogens (tertiary/aromatic N) is 1. The van der Waals surface area contributed by atoms with Crippen LogP contribution in [-0.4, -0.2) is 86.1 Å². The lowest BCUT2D eigenvalue weighted by Gasteiger charge is -2.24. The number of unbranched alkanes of at least 4 members (excludes halogenated alkanes) is 10. The van der Waals surface area contributed by atoms with Crippen LogP contribution in [-0.2, 0) is 32.7 Å². The molecule has 0 amide bonds. The number of likely N-dealkylation sites (N-methyl/N-ethyl adjacent to an activating group) is 1. The van der Waals surface area contributed by atoms with Crippen molar-refractivity contribution in [1.29, 1.82) is 0 Å². The highest BCUT2D eigenvalue weighted by atomic mass is 31.2. The van der Waals surface area contributed by atoms with Gasteiger partial charge in [0, 0.05) is 12.8 Å². The smallest absolute Gasteiger partial charge is 0.462 e. The van der Waals surface area contributed by atoms with Crippen LogP contribution < -0.4 is 0 Å². The number of ether oxygens (including phenoxy) is 2. The van der Waals surface area contributed by atoms with E-state index >= 15 is 0 Å². The van der Waals surface area contributed by atoms with E-state index in [0.717, 1.165) is 51.4 Å². The normalized spacial score (nSPS) is 14.9. The van der Waals surface area contributed by atoms with Gasteiger partial charge in [-0.25, -0.2) is 4.57 Å². The van der Waals surface area contributed by atoms with E-state index in [1.165, 1.54) is 44.9 Å². The quantitative estimate of drug-likeness (QED) is 0.0154.